The van der Waals surface area contributed by atoms with Gasteiger partial charge < -0.3 is 5.32 Å². The number of amides is 1. The lowest BCUT2D eigenvalue weighted by Crippen LogP contribution is -2.29. The number of carbonyl (C=O) groups is 1. The molecular formula is C11H22N4O. The third-order valence-corrected chi connectivity index (χ3v) is 2.09. The lowest BCUT2D eigenvalue weighted by molar-refractivity contribution is -0.124. The van der Waals surface area contributed by atoms with Crippen LogP contribution in [-0.2, 0) is 11.5 Å². The second-order valence-corrected chi connectivity index (χ2v) is 4.19. The number of hydrogen-bond acceptors (Lipinski definition) is 3. The predicted octanol–water partition coefficient (Wildman–Crippen LogP) is 1.77. The summed E-state index contributed by atoms with van der Waals surface area (Å²) in [6.07, 6.45) is 1.85. The third kappa shape index (κ3) is 4.00. The molecule has 0 fully saturated rings. The summed E-state index contributed by atoms with van der Waals surface area (Å²) in [4.78, 5) is 11.3. The van der Waals surface area contributed by atoms with E-state index < -0.39 is 0 Å². The minimum absolute atomic E-state index is 0. The first-order chi connectivity index (χ1) is 7.00. The summed E-state index contributed by atoms with van der Waals surface area (Å²) in [6, 6.07) is 0. The standard InChI is InChI=1S/C10H18N4O.CH4/c1-7(2)9-5-14(13-12-9)6-11-10(15)8(3)4;/h5,7-8H,6H2,1-4H3,(H,11,15);1H4. The molecule has 0 aliphatic heterocycles. The Kier molecular flexibility index (Phi) is 5.71. The smallest absolute Gasteiger partial charge is 0.223 e. The van der Waals surface area contributed by atoms with Gasteiger partial charge in [0.2, 0.25) is 5.91 Å². The zero-order valence-electron chi connectivity index (χ0n) is 9.69. The number of hydrogen-bond donors (Lipinski definition) is 1. The number of nitrogens with one attached hydrogen (secondary N) is 1. The normalized spacial score (nSPS) is 10.4. The highest BCUT2D eigenvalue weighted by molar-refractivity contribution is 5.77. The molecule has 92 valence electrons. The van der Waals surface area contributed by atoms with Crippen molar-refractivity contribution < 1.29 is 4.79 Å². The van der Waals surface area contributed by atoms with Crippen LogP contribution in [-0.4, -0.2) is 20.9 Å². The number of aromatic nitrogens is 3. The maximum absolute atomic E-state index is 11.3. The molecule has 16 heavy (non-hydrogen) atoms. The van der Waals surface area contributed by atoms with Gasteiger partial charge in [0.05, 0.1) is 11.9 Å². The van der Waals surface area contributed by atoms with Crippen molar-refractivity contribution in [3.63, 3.8) is 0 Å². The van der Waals surface area contributed by atoms with Gasteiger partial charge in [-0.3, -0.25) is 4.79 Å². The van der Waals surface area contributed by atoms with Crippen LogP contribution in [0, 0.1) is 5.92 Å². The van der Waals surface area contributed by atoms with Crippen LogP contribution in [0.3, 0.4) is 0 Å². The van der Waals surface area contributed by atoms with Crippen LogP contribution in [0.1, 0.15) is 46.7 Å². The third-order valence-electron chi connectivity index (χ3n) is 2.09. The fraction of sp³-hybridized carbons (Fsp3) is 0.727. The minimum Gasteiger partial charge on any atom is -0.337 e. The summed E-state index contributed by atoms with van der Waals surface area (Å²) in [5.41, 5.74) is 0.939. The van der Waals surface area contributed by atoms with Gasteiger partial charge in [0.25, 0.3) is 0 Å². The van der Waals surface area contributed by atoms with Crippen molar-refractivity contribution in [2.75, 3.05) is 0 Å². The minimum atomic E-state index is -0.00177. The molecule has 1 N–H and O–H groups in total. The molecule has 0 aromatic carbocycles. The molecule has 1 amide bonds. The van der Waals surface area contributed by atoms with Gasteiger partial charge in [0.15, 0.2) is 0 Å². The Morgan fingerprint density at radius 2 is 2.06 bits per heavy atom. The Hall–Kier alpha value is -1.39. The topological polar surface area (TPSA) is 59.8 Å². The average Bonchev–Trinajstić information content (AvgIpc) is 2.62. The molecule has 1 aromatic heterocycles. The van der Waals surface area contributed by atoms with Gasteiger partial charge in [-0.05, 0) is 5.92 Å². The van der Waals surface area contributed by atoms with Crippen LogP contribution in [0.5, 0.6) is 0 Å². The lowest BCUT2D eigenvalue weighted by Gasteiger charge is -2.06. The van der Waals surface area contributed by atoms with Gasteiger partial charge in [0.1, 0.15) is 6.67 Å². The van der Waals surface area contributed by atoms with Crippen molar-refractivity contribution in [1.29, 1.82) is 0 Å². The molecule has 0 spiro atoms. The molecule has 5 nitrogen and oxygen atoms in total. The average molecular weight is 226 g/mol. The van der Waals surface area contributed by atoms with E-state index in [1.165, 1.54) is 0 Å². The highest BCUT2D eigenvalue weighted by atomic mass is 16.1. The van der Waals surface area contributed by atoms with Gasteiger partial charge in [0, 0.05) is 5.92 Å². The van der Waals surface area contributed by atoms with Crippen LogP contribution in [0.15, 0.2) is 6.20 Å². The van der Waals surface area contributed by atoms with Crippen LogP contribution >= 0.6 is 0 Å². The molecule has 0 unspecified atom stereocenters. The second kappa shape index (κ2) is 6.25. The van der Waals surface area contributed by atoms with E-state index in [1.807, 2.05) is 20.0 Å². The van der Waals surface area contributed by atoms with E-state index in [1.54, 1.807) is 4.68 Å². The molecule has 0 radical (unpaired) electrons. The van der Waals surface area contributed by atoms with Crippen LogP contribution in [0.2, 0.25) is 0 Å². The van der Waals surface area contributed by atoms with E-state index in [-0.39, 0.29) is 19.3 Å². The molecule has 0 saturated heterocycles. The van der Waals surface area contributed by atoms with E-state index in [2.05, 4.69) is 29.5 Å². The Morgan fingerprint density at radius 3 is 2.50 bits per heavy atom. The number of rotatable bonds is 4. The molecule has 1 rings (SSSR count). The zero-order valence-corrected chi connectivity index (χ0v) is 9.69. The van der Waals surface area contributed by atoms with Crippen LogP contribution in [0.4, 0.5) is 0 Å². The van der Waals surface area contributed by atoms with Crippen molar-refractivity contribution in [1.82, 2.24) is 20.3 Å². The number of carbonyl (C=O) groups excluding carboxylic acids is 1. The summed E-state index contributed by atoms with van der Waals surface area (Å²) in [5, 5.41) is 10.7. The van der Waals surface area contributed by atoms with Crippen molar-refractivity contribution in [2.24, 2.45) is 5.92 Å². The van der Waals surface area contributed by atoms with Crippen LogP contribution in [0.25, 0.3) is 0 Å². The summed E-state index contributed by atoms with van der Waals surface area (Å²) in [7, 11) is 0. The van der Waals surface area contributed by atoms with Crippen molar-refractivity contribution in [3.8, 4) is 0 Å². The fourth-order valence-electron chi connectivity index (χ4n) is 1.02. The van der Waals surface area contributed by atoms with Crippen LogP contribution < -0.4 is 5.32 Å². The molecule has 1 aromatic rings. The first-order valence-corrected chi connectivity index (χ1v) is 5.18. The first-order valence-electron chi connectivity index (χ1n) is 5.18. The predicted molar refractivity (Wildman–Crippen MR) is 63.8 cm³/mol. The maximum Gasteiger partial charge on any atom is 0.223 e. The molecule has 0 saturated carbocycles. The Bertz CT molecular complexity index is 330. The monoisotopic (exact) mass is 226 g/mol. The maximum atomic E-state index is 11.3. The summed E-state index contributed by atoms with van der Waals surface area (Å²) < 4.78 is 1.63. The molecule has 5 heteroatoms. The van der Waals surface area contributed by atoms with Gasteiger partial charge >= 0.3 is 0 Å². The Balaban J connectivity index is 0.00000225. The van der Waals surface area contributed by atoms with E-state index in [4.69, 9.17) is 0 Å². The van der Waals surface area contributed by atoms with Gasteiger partial charge in [-0.25, -0.2) is 4.68 Å². The van der Waals surface area contributed by atoms with Gasteiger partial charge in [-0.15, -0.1) is 5.10 Å². The quantitative estimate of drug-likeness (QED) is 0.851. The molecule has 0 aliphatic rings. The fourth-order valence-corrected chi connectivity index (χ4v) is 1.02. The van der Waals surface area contributed by atoms with Crippen molar-refractivity contribution in [2.45, 2.75) is 47.7 Å². The summed E-state index contributed by atoms with van der Waals surface area (Å²) in [5.74, 6) is 0.384. The van der Waals surface area contributed by atoms with Gasteiger partial charge in [-0.2, -0.15) is 0 Å². The van der Waals surface area contributed by atoms with E-state index in [0.29, 0.717) is 12.6 Å². The Labute approximate surface area is 97.2 Å². The molecule has 0 atom stereocenters. The lowest BCUT2D eigenvalue weighted by atomic mass is 10.2. The molecular weight excluding hydrogens is 204 g/mol. The molecule has 0 bridgehead atoms. The highest BCUT2D eigenvalue weighted by Gasteiger charge is 2.07. The second-order valence-electron chi connectivity index (χ2n) is 4.19. The SMILES string of the molecule is C.CC(C)C(=O)NCn1cc(C(C)C)nn1. The number of nitrogens with zero attached hydrogens (tertiary/aromatic N) is 3. The molecule has 0 aliphatic carbocycles. The van der Waals surface area contributed by atoms with Gasteiger partial charge in [-0.1, -0.05) is 40.3 Å². The zero-order chi connectivity index (χ0) is 11.4. The first kappa shape index (κ1) is 14.6. The highest BCUT2D eigenvalue weighted by Crippen LogP contribution is 2.08. The summed E-state index contributed by atoms with van der Waals surface area (Å²) >= 11 is 0. The largest absolute Gasteiger partial charge is 0.337 e. The van der Waals surface area contributed by atoms with Crippen molar-refractivity contribution >= 4 is 5.91 Å². The van der Waals surface area contributed by atoms with E-state index >= 15 is 0 Å². The van der Waals surface area contributed by atoms with E-state index in [9.17, 15) is 4.79 Å². The van der Waals surface area contributed by atoms with E-state index in [0.717, 1.165) is 5.69 Å². The Morgan fingerprint density at radius 1 is 1.44 bits per heavy atom. The molecule has 1 heterocycles. The summed E-state index contributed by atoms with van der Waals surface area (Å²) in [6.45, 7) is 8.21. The van der Waals surface area contributed by atoms with Crippen molar-refractivity contribution in [3.05, 3.63) is 11.9 Å².